The van der Waals surface area contributed by atoms with Crippen LogP contribution in [0.1, 0.15) is 31.7 Å². The molecular weight excluding hydrogens is 426 g/mol. The van der Waals surface area contributed by atoms with Gasteiger partial charge in [-0.05, 0) is 62.1 Å². The number of halogens is 2. The van der Waals surface area contributed by atoms with E-state index in [0.29, 0.717) is 13.0 Å². The van der Waals surface area contributed by atoms with E-state index in [-0.39, 0.29) is 28.8 Å². The number of carbonyl (C=O) groups is 2. The average Bonchev–Trinajstić information content (AvgIpc) is 3.49. The summed E-state index contributed by atoms with van der Waals surface area (Å²) >= 11 is 0. The van der Waals surface area contributed by atoms with Gasteiger partial charge < -0.3 is 10.2 Å². The van der Waals surface area contributed by atoms with Gasteiger partial charge in [-0.3, -0.25) is 9.59 Å². The van der Waals surface area contributed by atoms with E-state index in [1.165, 1.54) is 19.1 Å². The Hall–Kier alpha value is -2.81. The minimum Gasteiger partial charge on any atom is -0.326 e. The summed E-state index contributed by atoms with van der Waals surface area (Å²) in [6.45, 7) is 1.97. The second kappa shape index (κ2) is 8.03. The largest absolute Gasteiger partial charge is 0.326 e. The zero-order valence-corrected chi connectivity index (χ0v) is 17.7. The maximum atomic E-state index is 13.3. The summed E-state index contributed by atoms with van der Waals surface area (Å²) in [5, 5.41) is 1.36. The smallest absolute Gasteiger partial charge is 0.230 e. The molecule has 1 heterocycles. The van der Waals surface area contributed by atoms with Crippen LogP contribution in [0.4, 0.5) is 20.2 Å². The van der Waals surface area contributed by atoms with Crippen molar-refractivity contribution >= 4 is 33.0 Å². The fourth-order valence-corrected chi connectivity index (χ4v) is 5.12. The SMILES string of the molecule is C[C@@H](CC(=O)Nc1ccc(F)c(F)c1)S(=O)(=O)c1ccc2c(c1)CCN2C(=O)C1CC1. The first-order valence-electron chi connectivity index (χ1n) is 10.1. The Kier molecular flexibility index (Phi) is 5.55. The third kappa shape index (κ3) is 4.32. The van der Waals surface area contributed by atoms with Gasteiger partial charge in [0.15, 0.2) is 21.5 Å². The van der Waals surface area contributed by atoms with Crippen molar-refractivity contribution in [3.63, 3.8) is 0 Å². The quantitative estimate of drug-likeness (QED) is 0.734. The molecule has 2 amide bonds. The topological polar surface area (TPSA) is 83.6 Å². The molecule has 1 aliphatic heterocycles. The highest BCUT2D eigenvalue weighted by Gasteiger charge is 2.37. The highest BCUT2D eigenvalue weighted by Crippen LogP contribution is 2.37. The van der Waals surface area contributed by atoms with Gasteiger partial charge in [0.25, 0.3) is 0 Å². The zero-order chi connectivity index (χ0) is 22.3. The second-order valence-electron chi connectivity index (χ2n) is 8.04. The summed E-state index contributed by atoms with van der Waals surface area (Å²) in [5.74, 6) is -2.59. The lowest BCUT2D eigenvalue weighted by Gasteiger charge is -2.18. The van der Waals surface area contributed by atoms with Crippen LogP contribution in [-0.2, 0) is 25.8 Å². The first kappa shape index (κ1) is 21.4. The first-order valence-corrected chi connectivity index (χ1v) is 11.6. The van der Waals surface area contributed by atoms with Crippen LogP contribution in [0, 0.1) is 17.6 Å². The number of amides is 2. The number of hydrogen-bond donors (Lipinski definition) is 1. The van der Waals surface area contributed by atoms with Gasteiger partial charge in [-0.1, -0.05) is 0 Å². The molecule has 0 unspecified atom stereocenters. The summed E-state index contributed by atoms with van der Waals surface area (Å²) in [7, 11) is -3.80. The molecule has 2 aromatic rings. The molecule has 2 aromatic carbocycles. The van der Waals surface area contributed by atoms with Crippen LogP contribution in [0.2, 0.25) is 0 Å². The molecule has 164 valence electrons. The molecule has 0 bridgehead atoms. The third-order valence-corrected chi connectivity index (χ3v) is 7.81. The number of rotatable bonds is 6. The van der Waals surface area contributed by atoms with E-state index in [4.69, 9.17) is 0 Å². The van der Waals surface area contributed by atoms with Crippen LogP contribution >= 0.6 is 0 Å². The Labute approximate surface area is 179 Å². The van der Waals surface area contributed by atoms with Gasteiger partial charge in [0.2, 0.25) is 11.8 Å². The molecule has 9 heteroatoms. The van der Waals surface area contributed by atoms with Crippen LogP contribution in [0.5, 0.6) is 0 Å². The van der Waals surface area contributed by atoms with E-state index in [1.807, 2.05) is 0 Å². The Morgan fingerprint density at radius 2 is 1.87 bits per heavy atom. The Balaban J connectivity index is 1.45. The minimum absolute atomic E-state index is 0.0476. The maximum Gasteiger partial charge on any atom is 0.230 e. The number of benzene rings is 2. The standard InChI is InChI=1S/C22H22F2N2O4S/c1-13(10-21(27)25-16-4-6-18(23)19(24)12-16)31(29,30)17-5-7-20-15(11-17)8-9-26(20)22(28)14-2-3-14/h4-7,11-14H,2-3,8-10H2,1H3,(H,25,27)/t13-/m0/s1. The van der Waals surface area contributed by atoms with Crippen LogP contribution in [0.3, 0.4) is 0 Å². The molecule has 31 heavy (non-hydrogen) atoms. The summed E-state index contributed by atoms with van der Waals surface area (Å²) < 4.78 is 52.3. The van der Waals surface area contributed by atoms with E-state index >= 15 is 0 Å². The van der Waals surface area contributed by atoms with E-state index < -0.39 is 32.6 Å². The number of fused-ring (bicyclic) bond motifs is 1. The monoisotopic (exact) mass is 448 g/mol. The molecule has 0 saturated heterocycles. The number of hydrogen-bond acceptors (Lipinski definition) is 4. The summed E-state index contributed by atoms with van der Waals surface area (Å²) in [6.07, 6.45) is 2.05. The van der Waals surface area contributed by atoms with Crippen LogP contribution in [0.15, 0.2) is 41.3 Å². The number of anilines is 2. The Bertz CT molecular complexity index is 1160. The van der Waals surface area contributed by atoms with Gasteiger partial charge in [-0.2, -0.15) is 0 Å². The summed E-state index contributed by atoms with van der Waals surface area (Å²) in [5.41, 5.74) is 1.60. The molecule has 1 fully saturated rings. The van der Waals surface area contributed by atoms with Crippen molar-refractivity contribution in [1.82, 2.24) is 0 Å². The highest BCUT2D eigenvalue weighted by atomic mass is 32.2. The molecular formula is C22H22F2N2O4S. The van der Waals surface area contributed by atoms with Gasteiger partial charge in [-0.25, -0.2) is 17.2 Å². The lowest BCUT2D eigenvalue weighted by Crippen LogP contribution is -2.30. The van der Waals surface area contributed by atoms with Gasteiger partial charge in [0.1, 0.15) is 0 Å². The Morgan fingerprint density at radius 1 is 1.13 bits per heavy atom. The first-order chi connectivity index (χ1) is 14.7. The molecule has 0 spiro atoms. The van der Waals surface area contributed by atoms with E-state index in [2.05, 4.69) is 5.32 Å². The lowest BCUT2D eigenvalue weighted by molar-refractivity contribution is -0.119. The minimum atomic E-state index is -3.80. The van der Waals surface area contributed by atoms with E-state index in [9.17, 15) is 26.8 Å². The maximum absolute atomic E-state index is 13.3. The average molecular weight is 448 g/mol. The van der Waals surface area contributed by atoms with Crippen molar-refractivity contribution in [3.8, 4) is 0 Å². The zero-order valence-electron chi connectivity index (χ0n) is 16.9. The lowest BCUT2D eigenvalue weighted by atomic mass is 10.2. The van der Waals surface area contributed by atoms with Gasteiger partial charge in [0.05, 0.1) is 10.1 Å². The molecule has 1 N–H and O–H groups in total. The number of nitrogens with zero attached hydrogens (tertiary/aromatic N) is 1. The molecule has 6 nitrogen and oxygen atoms in total. The molecule has 0 aromatic heterocycles. The third-order valence-electron chi connectivity index (χ3n) is 5.67. The van der Waals surface area contributed by atoms with Crippen molar-refractivity contribution < 1.29 is 26.8 Å². The van der Waals surface area contributed by atoms with Crippen molar-refractivity contribution in [3.05, 3.63) is 53.6 Å². The Morgan fingerprint density at radius 3 is 2.55 bits per heavy atom. The van der Waals surface area contributed by atoms with Crippen LogP contribution in [0.25, 0.3) is 0 Å². The fraction of sp³-hybridized carbons (Fsp3) is 0.364. The molecule has 2 aliphatic rings. The normalized spacial score (nSPS) is 16.7. The molecule has 0 radical (unpaired) electrons. The van der Waals surface area contributed by atoms with Gasteiger partial charge >= 0.3 is 0 Å². The van der Waals surface area contributed by atoms with Crippen molar-refractivity contribution in [1.29, 1.82) is 0 Å². The van der Waals surface area contributed by atoms with Crippen molar-refractivity contribution in [2.45, 2.75) is 42.8 Å². The molecule has 4 rings (SSSR count). The highest BCUT2D eigenvalue weighted by molar-refractivity contribution is 7.92. The van der Waals surface area contributed by atoms with E-state index in [1.54, 1.807) is 17.0 Å². The second-order valence-corrected chi connectivity index (χ2v) is 10.4. The number of carbonyl (C=O) groups excluding carboxylic acids is 2. The van der Waals surface area contributed by atoms with Gasteiger partial charge in [0, 0.05) is 36.3 Å². The summed E-state index contributed by atoms with van der Waals surface area (Å²) in [6, 6.07) is 7.62. The van der Waals surface area contributed by atoms with Crippen molar-refractivity contribution in [2.75, 3.05) is 16.8 Å². The molecule has 1 atom stereocenters. The molecule has 1 aliphatic carbocycles. The van der Waals surface area contributed by atoms with Crippen LogP contribution in [-0.4, -0.2) is 32.0 Å². The predicted molar refractivity (Wildman–Crippen MR) is 111 cm³/mol. The fourth-order valence-electron chi connectivity index (χ4n) is 3.72. The summed E-state index contributed by atoms with van der Waals surface area (Å²) in [4.78, 5) is 26.4. The molecule has 1 saturated carbocycles. The number of sulfone groups is 1. The number of nitrogens with one attached hydrogen (secondary N) is 1. The van der Waals surface area contributed by atoms with E-state index in [0.717, 1.165) is 36.2 Å². The van der Waals surface area contributed by atoms with Gasteiger partial charge in [-0.15, -0.1) is 0 Å². The van der Waals surface area contributed by atoms with Crippen LogP contribution < -0.4 is 10.2 Å². The van der Waals surface area contributed by atoms with Crippen molar-refractivity contribution in [2.24, 2.45) is 5.92 Å². The predicted octanol–water partition coefficient (Wildman–Crippen LogP) is 3.45.